The number of benzene rings is 4. The molecule has 6 aromatic rings. The average molecular weight is 579 g/mol. The molecule has 0 aliphatic heterocycles. The molecule has 0 amide bonds. The Morgan fingerprint density at radius 1 is 0.273 bits per heavy atom. The van der Waals surface area contributed by atoms with Crippen LogP contribution in [0.25, 0.3) is 0 Å². The maximum Gasteiger partial charge on any atom is 0.128 e. The molecule has 220 valence electrons. The van der Waals surface area contributed by atoms with Crippen molar-refractivity contribution in [1.29, 1.82) is 0 Å². The van der Waals surface area contributed by atoms with Crippen LogP contribution in [-0.2, 0) is 26.2 Å². The van der Waals surface area contributed by atoms with E-state index in [4.69, 9.17) is 0 Å². The van der Waals surface area contributed by atoms with Crippen LogP contribution in [0.15, 0.2) is 158 Å². The van der Waals surface area contributed by atoms with Crippen LogP contribution in [0.2, 0.25) is 0 Å². The van der Waals surface area contributed by atoms with E-state index in [0.717, 1.165) is 49.5 Å². The van der Waals surface area contributed by atoms with Crippen molar-refractivity contribution in [2.24, 2.45) is 0 Å². The Morgan fingerprint density at radius 3 is 0.727 bits per heavy atom. The summed E-state index contributed by atoms with van der Waals surface area (Å²) in [6.45, 7) is 3.10. The fraction of sp³-hybridized carbons (Fsp3) is 0.105. The highest BCUT2D eigenvalue weighted by Gasteiger charge is 2.00. The fourth-order valence-electron chi connectivity index (χ4n) is 4.42. The van der Waals surface area contributed by atoms with E-state index in [-0.39, 0.29) is 0 Å². The quantitative estimate of drug-likeness (QED) is 0.117. The molecule has 0 aliphatic rings. The zero-order valence-corrected chi connectivity index (χ0v) is 24.7. The summed E-state index contributed by atoms with van der Waals surface area (Å²) in [6.07, 6.45) is 0. The smallest absolute Gasteiger partial charge is 0.128 e. The minimum atomic E-state index is 0.774. The van der Waals surface area contributed by atoms with Crippen LogP contribution in [0, 0.1) is 0 Å². The first kappa shape index (κ1) is 29.9. The lowest BCUT2D eigenvalue weighted by Crippen LogP contribution is -2.05. The number of anilines is 4. The summed E-state index contributed by atoms with van der Waals surface area (Å²) in [4.78, 5) is 9.16. The predicted octanol–water partition coefficient (Wildman–Crippen LogP) is 8.61. The molecule has 0 spiro atoms. The Labute approximate surface area is 260 Å². The van der Waals surface area contributed by atoms with Crippen LogP contribution < -0.4 is 21.3 Å². The van der Waals surface area contributed by atoms with E-state index < -0.39 is 0 Å². The van der Waals surface area contributed by atoms with Crippen molar-refractivity contribution in [2.75, 3.05) is 21.3 Å². The Morgan fingerprint density at radius 2 is 0.500 bits per heavy atom. The summed E-state index contributed by atoms with van der Waals surface area (Å²) in [7, 11) is 0. The maximum absolute atomic E-state index is 4.58. The highest BCUT2D eigenvalue weighted by Crippen LogP contribution is 2.13. The molecule has 44 heavy (non-hydrogen) atoms. The zero-order valence-electron chi connectivity index (χ0n) is 24.7. The Bertz CT molecular complexity index is 1400. The second-order valence-corrected chi connectivity index (χ2v) is 10.2. The van der Waals surface area contributed by atoms with Crippen LogP contribution >= 0.6 is 0 Å². The van der Waals surface area contributed by atoms with Gasteiger partial charge in [0.2, 0.25) is 0 Å². The summed E-state index contributed by atoms with van der Waals surface area (Å²) in [5, 5.41) is 13.4. The van der Waals surface area contributed by atoms with E-state index in [1.807, 2.05) is 109 Å². The van der Waals surface area contributed by atoms with E-state index in [9.17, 15) is 0 Å². The van der Waals surface area contributed by atoms with Crippen molar-refractivity contribution in [3.8, 4) is 0 Å². The third kappa shape index (κ3) is 10.3. The summed E-state index contributed by atoms with van der Waals surface area (Å²) in [6, 6.07) is 53.2. The van der Waals surface area contributed by atoms with Gasteiger partial charge in [0.15, 0.2) is 0 Å². The molecular weight excluding hydrogens is 540 g/mol. The van der Waals surface area contributed by atoms with Gasteiger partial charge in [0.05, 0.1) is 0 Å². The number of hydrogen-bond acceptors (Lipinski definition) is 6. The molecule has 6 rings (SSSR count). The molecule has 0 bridgehead atoms. The lowest BCUT2D eigenvalue weighted by molar-refractivity contribution is 1.08. The Kier molecular flexibility index (Phi) is 11.4. The molecule has 0 unspecified atom stereocenters. The standard InChI is InChI=1S/2C19H19N3/c2*1-3-8-16(9-4-1)14-20-18-12-7-13-19(22-18)21-15-17-10-5-2-6-11-17/h2*1-13H,14-15H2,(H2,20,21,22). The van der Waals surface area contributed by atoms with Crippen LogP contribution in [0.3, 0.4) is 0 Å². The highest BCUT2D eigenvalue weighted by atomic mass is 15.1. The van der Waals surface area contributed by atoms with Crippen LogP contribution in [0.4, 0.5) is 23.3 Å². The molecule has 0 atom stereocenters. The van der Waals surface area contributed by atoms with E-state index in [0.29, 0.717) is 0 Å². The predicted molar refractivity (Wildman–Crippen MR) is 184 cm³/mol. The van der Waals surface area contributed by atoms with Gasteiger partial charge in [0, 0.05) is 26.2 Å². The first-order valence-electron chi connectivity index (χ1n) is 14.9. The van der Waals surface area contributed by atoms with E-state index in [2.05, 4.69) is 79.8 Å². The lowest BCUT2D eigenvalue weighted by Gasteiger charge is -2.09. The second kappa shape index (κ2) is 16.7. The summed E-state index contributed by atoms with van der Waals surface area (Å²) in [5.41, 5.74) is 4.97. The van der Waals surface area contributed by atoms with Gasteiger partial charge >= 0.3 is 0 Å². The maximum atomic E-state index is 4.58. The number of hydrogen-bond donors (Lipinski definition) is 4. The highest BCUT2D eigenvalue weighted by molar-refractivity contribution is 5.47. The van der Waals surface area contributed by atoms with Crippen molar-refractivity contribution in [3.63, 3.8) is 0 Å². The zero-order chi connectivity index (χ0) is 30.1. The normalized spacial score (nSPS) is 10.2. The SMILES string of the molecule is c1ccc(CNc2cccc(NCc3ccccc3)n2)cc1.c1ccc(CNc2cccc(NCc3ccccc3)n2)cc1. The van der Waals surface area contributed by atoms with E-state index >= 15 is 0 Å². The van der Waals surface area contributed by atoms with Crippen molar-refractivity contribution in [2.45, 2.75) is 26.2 Å². The monoisotopic (exact) mass is 578 g/mol. The number of rotatable bonds is 12. The molecule has 2 heterocycles. The minimum Gasteiger partial charge on any atom is -0.366 e. The average Bonchev–Trinajstić information content (AvgIpc) is 3.10. The van der Waals surface area contributed by atoms with Gasteiger partial charge in [-0.15, -0.1) is 0 Å². The molecule has 2 aromatic heterocycles. The number of aromatic nitrogens is 2. The topological polar surface area (TPSA) is 73.9 Å². The molecule has 0 saturated heterocycles. The number of nitrogens with one attached hydrogen (secondary N) is 4. The lowest BCUT2D eigenvalue weighted by atomic mass is 10.2. The summed E-state index contributed by atoms with van der Waals surface area (Å²) < 4.78 is 0. The number of pyridine rings is 2. The van der Waals surface area contributed by atoms with Crippen molar-refractivity contribution >= 4 is 23.3 Å². The third-order valence-electron chi connectivity index (χ3n) is 6.76. The van der Waals surface area contributed by atoms with Gasteiger partial charge in [0.25, 0.3) is 0 Å². The summed E-state index contributed by atoms with van der Waals surface area (Å²) >= 11 is 0. The van der Waals surface area contributed by atoms with Gasteiger partial charge in [-0.1, -0.05) is 133 Å². The number of nitrogens with zero attached hydrogens (tertiary/aromatic N) is 2. The van der Waals surface area contributed by atoms with Crippen molar-refractivity contribution in [3.05, 3.63) is 180 Å². The van der Waals surface area contributed by atoms with Gasteiger partial charge in [0.1, 0.15) is 23.3 Å². The first-order valence-corrected chi connectivity index (χ1v) is 14.9. The minimum absolute atomic E-state index is 0.774. The molecule has 4 aromatic carbocycles. The summed E-state index contributed by atoms with van der Waals surface area (Å²) in [5.74, 6) is 3.51. The molecule has 0 aliphatic carbocycles. The van der Waals surface area contributed by atoms with Gasteiger partial charge in [-0.05, 0) is 46.5 Å². The molecule has 6 nitrogen and oxygen atoms in total. The van der Waals surface area contributed by atoms with Gasteiger partial charge in [-0.2, -0.15) is 0 Å². The largest absolute Gasteiger partial charge is 0.366 e. The third-order valence-corrected chi connectivity index (χ3v) is 6.76. The molecule has 0 fully saturated rings. The molecular formula is C38H38N6. The molecule has 0 saturated carbocycles. The Balaban J connectivity index is 0.000000175. The van der Waals surface area contributed by atoms with Crippen LogP contribution in [0.1, 0.15) is 22.3 Å². The van der Waals surface area contributed by atoms with Gasteiger partial charge in [-0.3, -0.25) is 0 Å². The van der Waals surface area contributed by atoms with Gasteiger partial charge in [-0.25, -0.2) is 9.97 Å². The van der Waals surface area contributed by atoms with E-state index in [1.54, 1.807) is 0 Å². The van der Waals surface area contributed by atoms with Gasteiger partial charge < -0.3 is 21.3 Å². The fourth-order valence-corrected chi connectivity index (χ4v) is 4.42. The Hall–Kier alpha value is -5.62. The van der Waals surface area contributed by atoms with Crippen LogP contribution in [0.5, 0.6) is 0 Å². The second-order valence-electron chi connectivity index (χ2n) is 10.2. The van der Waals surface area contributed by atoms with E-state index in [1.165, 1.54) is 22.3 Å². The van der Waals surface area contributed by atoms with Crippen LogP contribution in [-0.4, -0.2) is 9.97 Å². The molecule has 0 radical (unpaired) electrons. The first-order chi connectivity index (χ1) is 21.8. The van der Waals surface area contributed by atoms with Crippen molar-refractivity contribution in [1.82, 2.24) is 9.97 Å². The van der Waals surface area contributed by atoms with Crippen molar-refractivity contribution < 1.29 is 0 Å². The molecule has 4 N–H and O–H groups in total. The molecule has 6 heteroatoms.